The third-order valence-electron chi connectivity index (χ3n) is 5.74. The number of rotatable bonds is 8. The molecule has 1 heterocycles. The molecule has 3 aromatic carbocycles. The molecule has 3 N–H and O–H groups in total. The Kier molecular flexibility index (Phi) is 6.75. The molecule has 6 nitrogen and oxygen atoms in total. The number of ether oxygens (including phenoxy) is 1. The highest BCUT2D eigenvalue weighted by Crippen LogP contribution is 2.26. The number of carbonyl (C=O) groups is 1. The summed E-state index contributed by atoms with van der Waals surface area (Å²) in [5.74, 6) is 0.652. The first-order chi connectivity index (χ1) is 15.9. The van der Waals surface area contributed by atoms with E-state index >= 15 is 0 Å². The van der Waals surface area contributed by atoms with Crippen molar-refractivity contribution in [1.82, 2.24) is 20.8 Å². The summed E-state index contributed by atoms with van der Waals surface area (Å²) in [6.45, 7) is 6.78. The van der Waals surface area contributed by atoms with Gasteiger partial charge in [-0.1, -0.05) is 44.2 Å². The van der Waals surface area contributed by atoms with Crippen LogP contribution < -0.4 is 15.4 Å². The zero-order valence-corrected chi connectivity index (χ0v) is 19.5. The monoisotopic (exact) mass is 442 g/mol. The minimum absolute atomic E-state index is 0.115. The second-order valence-electron chi connectivity index (χ2n) is 8.52. The summed E-state index contributed by atoms with van der Waals surface area (Å²) in [6, 6.07) is 21.8. The molecule has 1 unspecified atom stereocenters. The molecule has 0 aliphatic heterocycles. The highest BCUT2D eigenvalue weighted by Gasteiger charge is 2.17. The first-order valence-corrected chi connectivity index (χ1v) is 11.2. The van der Waals surface area contributed by atoms with Gasteiger partial charge in [0.05, 0.1) is 24.4 Å². The molecule has 1 aromatic heterocycles. The van der Waals surface area contributed by atoms with Crippen molar-refractivity contribution in [2.75, 3.05) is 13.7 Å². The molecule has 0 spiro atoms. The summed E-state index contributed by atoms with van der Waals surface area (Å²) >= 11 is 0. The lowest BCUT2D eigenvalue weighted by molar-refractivity contribution is 0.0935. The summed E-state index contributed by atoms with van der Waals surface area (Å²) in [7, 11) is 1.65. The zero-order chi connectivity index (χ0) is 23.4. The lowest BCUT2D eigenvalue weighted by Gasteiger charge is -2.22. The number of aromatic nitrogens is 2. The molecule has 33 heavy (non-hydrogen) atoms. The number of amides is 1. The Morgan fingerprint density at radius 2 is 1.82 bits per heavy atom. The Morgan fingerprint density at radius 3 is 2.61 bits per heavy atom. The lowest BCUT2D eigenvalue weighted by atomic mass is 10.0. The van der Waals surface area contributed by atoms with Crippen LogP contribution >= 0.6 is 0 Å². The Morgan fingerprint density at radius 1 is 1.03 bits per heavy atom. The van der Waals surface area contributed by atoms with Crippen LogP contribution in [0, 0.1) is 6.92 Å². The van der Waals surface area contributed by atoms with Gasteiger partial charge in [0.15, 0.2) is 0 Å². The van der Waals surface area contributed by atoms with Crippen molar-refractivity contribution >= 4 is 16.8 Å². The van der Waals surface area contributed by atoms with Gasteiger partial charge in [0.2, 0.25) is 0 Å². The van der Waals surface area contributed by atoms with Gasteiger partial charge in [-0.05, 0) is 60.0 Å². The fourth-order valence-corrected chi connectivity index (χ4v) is 3.87. The van der Waals surface area contributed by atoms with E-state index in [0.717, 1.165) is 39.0 Å². The van der Waals surface area contributed by atoms with Crippen molar-refractivity contribution in [3.05, 3.63) is 83.6 Å². The number of benzene rings is 3. The van der Waals surface area contributed by atoms with Gasteiger partial charge >= 0.3 is 0 Å². The SMILES string of the molecule is COc1cccc(C(CNC(C)C)NC(=O)c2cccc(-c3ccc4[nH]nc(C)c4c3)c2)c1. The Balaban J connectivity index is 1.59. The van der Waals surface area contributed by atoms with Gasteiger partial charge < -0.3 is 15.4 Å². The first-order valence-electron chi connectivity index (χ1n) is 11.2. The van der Waals surface area contributed by atoms with Crippen molar-refractivity contribution < 1.29 is 9.53 Å². The van der Waals surface area contributed by atoms with E-state index in [-0.39, 0.29) is 11.9 Å². The van der Waals surface area contributed by atoms with Crippen molar-refractivity contribution in [3.8, 4) is 16.9 Å². The molecule has 0 bridgehead atoms. The van der Waals surface area contributed by atoms with Crippen molar-refractivity contribution in [2.45, 2.75) is 32.9 Å². The second kappa shape index (κ2) is 9.88. The average molecular weight is 443 g/mol. The van der Waals surface area contributed by atoms with E-state index in [1.165, 1.54) is 0 Å². The number of carbonyl (C=O) groups excluding carboxylic acids is 1. The van der Waals surface area contributed by atoms with E-state index in [0.29, 0.717) is 18.2 Å². The summed E-state index contributed by atoms with van der Waals surface area (Å²) < 4.78 is 5.38. The second-order valence-corrected chi connectivity index (χ2v) is 8.52. The van der Waals surface area contributed by atoms with Crippen LogP contribution in [-0.2, 0) is 0 Å². The van der Waals surface area contributed by atoms with Crippen LogP contribution in [0.3, 0.4) is 0 Å². The zero-order valence-electron chi connectivity index (χ0n) is 19.5. The van der Waals surface area contributed by atoms with Gasteiger partial charge in [0, 0.05) is 23.5 Å². The Labute approximate surface area is 194 Å². The highest BCUT2D eigenvalue weighted by molar-refractivity contribution is 5.96. The van der Waals surface area contributed by atoms with Crippen LogP contribution in [0.5, 0.6) is 5.75 Å². The molecule has 0 radical (unpaired) electrons. The molecule has 1 atom stereocenters. The molecule has 0 saturated carbocycles. The normalized spacial score (nSPS) is 12.2. The molecule has 0 saturated heterocycles. The minimum Gasteiger partial charge on any atom is -0.497 e. The maximum absolute atomic E-state index is 13.3. The van der Waals surface area contributed by atoms with Gasteiger partial charge in [-0.2, -0.15) is 5.10 Å². The minimum atomic E-state index is -0.191. The van der Waals surface area contributed by atoms with Crippen molar-refractivity contribution in [3.63, 3.8) is 0 Å². The van der Waals surface area contributed by atoms with Crippen LogP contribution in [0.15, 0.2) is 66.7 Å². The number of fused-ring (bicyclic) bond motifs is 1. The van der Waals surface area contributed by atoms with Gasteiger partial charge in [-0.25, -0.2) is 0 Å². The number of H-pyrrole nitrogens is 1. The average Bonchev–Trinajstić information content (AvgIpc) is 3.21. The summed E-state index contributed by atoms with van der Waals surface area (Å²) in [6.07, 6.45) is 0. The van der Waals surface area contributed by atoms with E-state index in [9.17, 15) is 4.79 Å². The topological polar surface area (TPSA) is 79.0 Å². The molecule has 0 aliphatic rings. The molecule has 170 valence electrons. The van der Waals surface area contributed by atoms with E-state index in [1.54, 1.807) is 7.11 Å². The van der Waals surface area contributed by atoms with Crippen LogP contribution in [0.25, 0.3) is 22.0 Å². The molecular formula is C27H30N4O2. The van der Waals surface area contributed by atoms with E-state index in [1.807, 2.05) is 67.6 Å². The van der Waals surface area contributed by atoms with Gasteiger partial charge in [-0.15, -0.1) is 0 Å². The molecule has 0 fully saturated rings. The molecule has 6 heteroatoms. The quantitative estimate of drug-likeness (QED) is 0.358. The Hall–Kier alpha value is -3.64. The summed E-state index contributed by atoms with van der Waals surface area (Å²) in [5.41, 5.74) is 5.61. The number of hydrogen-bond donors (Lipinski definition) is 3. The first kappa shape index (κ1) is 22.6. The Bertz CT molecular complexity index is 1260. The number of methoxy groups -OCH3 is 1. The third-order valence-corrected chi connectivity index (χ3v) is 5.74. The van der Waals surface area contributed by atoms with Crippen molar-refractivity contribution in [1.29, 1.82) is 0 Å². The molecule has 1 amide bonds. The van der Waals surface area contributed by atoms with E-state index < -0.39 is 0 Å². The largest absolute Gasteiger partial charge is 0.497 e. The summed E-state index contributed by atoms with van der Waals surface area (Å²) in [4.78, 5) is 13.3. The maximum atomic E-state index is 13.3. The fourth-order valence-electron chi connectivity index (χ4n) is 3.87. The number of aromatic amines is 1. The van der Waals surface area contributed by atoms with Gasteiger partial charge in [-0.3, -0.25) is 9.89 Å². The van der Waals surface area contributed by atoms with Crippen LogP contribution in [0.1, 0.15) is 41.5 Å². The predicted octanol–water partition coefficient (Wildman–Crippen LogP) is 5.02. The maximum Gasteiger partial charge on any atom is 0.251 e. The number of aryl methyl sites for hydroxylation is 1. The van der Waals surface area contributed by atoms with Gasteiger partial charge in [0.25, 0.3) is 5.91 Å². The van der Waals surface area contributed by atoms with Crippen LogP contribution in [-0.4, -0.2) is 35.8 Å². The van der Waals surface area contributed by atoms with Gasteiger partial charge in [0.1, 0.15) is 5.75 Å². The van der Waals surface area contributed by atoms with Crippen LogP contribution in [0.2, 0.25) is 0 Å². The molecule has 0 aliphatic carbocycles. The van der Waals surface area contributed by atoms with E-state index in [4.69, 9.17) is 4.74 Å². The summed E-state index contributed by atoms with van der Waals surface area (Å²) in [5, 5.41) is 15.0. The van der Waals surface area contributed by atoms with E-state index in [2.05, 4.69) is 40.7 Å². The smallest absolute Gasteiger partial charge is 0.251 e. The number of nitrogens with zero attached hydrogens (tertiary/aromatic N) is 1. The predicted molar refractivity (Wildman–Crippen MR) is 133 cm³/mol. The number of hydrogen-bond acceptors (Lipinski definition) is 4. The fraction of sp³-hybridized carbons (Fsp3) is 0.259. The molecule has 4 aromatic rings. The standard InChI is InChI=1S/C27H30N4O2/c1-17(2)28-16-26(21-8-6-10-23(14-21)33-4)29-27(32)22-9-5-7-19(13-22)20-11-12-25-24(15-20)18(3)30-31-25/h5-15,17,26,28H,16H2,1-4H3,(H,29,32)(H,30,31). The lowest BCUT2D eigenvalue weighted by Crippen LogP contribution is -2.38. The highest BCUT2D eigenvalue weighted by atomic mass is 16.5. The van der Waals surface area contributed by atoms with Crippen molar-refractivity contribution in [2.24, 2.45) is 0 Å². The molecule has 4 rings (SSSR count). The number of nitrogens with one attached hydrogen (secondary N) is 3. The third kappa shape index (κ3) is 5.23. The molecular weight excluding hydrogens is 412 g/mol. The van der Waals surface area contributed by atoms with Crippen LogP contribution in [0.4, 0.5) is 0 Å².